The highest BCUT2D eigenvalue weighted by atomic mass is 19.3. The highest BCUT2D eigenvalue weighted by Crippen LogP contribution is 2.26. The molecule has 6 heteroatoms. The monoisotopic (exact) mass is 326 g/mol. The summed E-state index contributed by atoms with van der Waals surface area (Å²) in [4.78, 5) is 12.2. The lowest BCUT2D eigenvalue weighted by Crippen LogP contribution is -2.37. The van der Waals surface area contributed by atoms with Gasteiger partial charge in [-0.3, -0.25) is 4.79 Å². The van der Waals surface area contributed by atoms with E-state index in [2.05, 4.69) is 10.1 Å². The molecule has 0 aliphatic heterocycles. The lowest BCUT2D eigenvalue weighted by atomic mass is 9.83. The highest BCUT2D eigenvalue weighted by molar-refractivity contribution is 5.76. The number of ether oxygens (including phenoxy) is 1. The van der Waals surface area contributed by atoms with Crippen molar-refractivity contribution in [2.45, 2.75) is 57.7 Å². The minimum Gasteiger partial charge on any atom is -0.435 e. The van der Waals surface area contributed by atoms with Gasteiger partial charge in [-0.25, -0.2) is 0 Å². The molecule has 1 fully saturated rings. The zero-order valence-corrected chi connectivity index (χ0v) is 13.3. The zero-order valence-electron chi connectivity index (χ0n) is 13.3. The molecule has 23 heavy (non-hydrogen) atoms. The molecule has 2 rings (SSSR count). The third-order valence-corrected chi connectivity index (χ3v) is 4.38. The molecule has 0 spiro atoms. The van der Waals surface area contributed by atoms with Crippen molar-refractivity contribution in [2.24, 2.45) is 11.7 Å². The Morgan fingerprint density at radius 3 is 2.83 bits per heavy atom. The summed E-state index contributed by atoms with van der Waals surface area (Å²) in [5.74, 6) is 0.261. The maximum absolute atomic E-state index is 12.3. The summed E-state index contributed by atoms with van der Waals surface area (Å²) in [6.07, 6.45) is 4.63. The summed E-state index contributed by atoms with van der Waals surface area (Å²) < 4.78 is 28.9. The third kappa shape index (κ3) is 5.46. The largest absolute Gasteiger partial charge is 0.435 e. The molecule has 0 aromatic heterocycles. The van der Waals surface area contributed by atoms with Gasteiger partial charge in [-0.05, 0) is 43.4 Å². The number of halogens is 2. The van der Waals surface area contributed by atoms with Crippen LogP contribution in [-0.2, 0) is 4.79 Å². The van der Waals surface area contributed by atoms with Crippen LogP contribution in [0, 0.1) is 5.92 Å². The van der Waals surface area contributed by atoms with Gasteiger partial charge in [0, 0.05) is 12.5 Å². The number of benzene rings is 1. The molecule has 0 saturated heterocycles. The topological polar surface area (TPSA) is 64.4 Å². The van der Waals surface area contributed by atoms with Crippen molar-refractivity contribution in [3.8, 4) is 5.75 Å². The van der Waals surface area contributed by atoms with Crippen molar-refractivity contribution in [1.29, 1.82) is 0 Å². The summed E-state index contributed by atoms with van der Waals surface area (Å²) in [5, 5.41) is 2.91. The minimum atomic E-state index is -2.86. The maximum Gasteiger partial charge on any atom is 0.387 e. The second kappa shape index (κ2) is 8.24. The Morgan fingerprint density at radius 2 is 2.13 bits per heavy atom. The molecular weight excluding hydrogens is 302 g/mol. The Balaban J connectivity index is 1.90. The Hall–Kier alpha value is -1.69. The van der Waals surface area contributed by atoms with Crippen molar-refractivity contribution in [1.82, 2.24) is 5.32 Å². The fourth-order valence-electron chi connectivity index (χ4n) is 3.07. The first-order valence-electron chi connectivity index (χ1n) is 8.05. The quantitative estimate of drug-likeness (QED) is 0.842. The standard InChI is InChI=1S/C17H24F2N2O2/c1-11(12-6-4-7-14(9-12)23-17(18)19)21-16(22)10-13-5-2-3-8-15(13)20/h4,6-7,9,11,13,15,17H,2-3,5,8,10,20H2,1H3,(H,21,22). The van der Waals surface area contributed by atoms with Gasteiger partial charge in [0.1, 0.15) is 5.75 Å². The van der Waals surface area contributed by atoms with Crippen LogP contribution < -0.4 is 15.8 Å². The molecule has 3 N–H and O–H groups in total. The van der Waals surface area contributed by atoms with Crippen molar-refractivity contribution >= 4 is 5.91 Å². The van der Waals surface area contributed by atoms with Gasteiger partial charge in [0.05, 0.1) is 6.04 Å². The summed E-state index contributed by atoms with van der Waals surface area (Å²) in [6, 6.07) is 6.20. The highest BCUT2D eigenvalue weighted by Gasteiger charge is 2.24. The van der Waals surface area contributed by atoms with Gasteiger partial charge >= 0.3 is 6.61 Å². The number of hydrogen-bond donors (Lipinski definition) is 2. The Morgan fingerprint density at radius 1 is 1.39 bits per heavy atom. The Kier molecular flexibility index (Phi) is 6.33. The minimum absolute atomic E-state index is 0.0555. The van der Waals surface area contributed by atoms with Gasteiger partial charge in [0.25, 0.3) is 0 Å². The van der Waals surface area contributed by atoms with E-state index in [1.54, 1.807) is 12.1 Å². The van der Waals surface area contributed by atoms with E-state index in [0.717, 1.165) is 31.2 Å². The average molecular weight is 326 g/mol. The summed E-state index contributed by atoms with van der Waals surface area (Å²) >= 11 is 0. The summed E-state index contributed by atoms with van der Waals surface area (Å²) in [5.41, 5.74) is 6.79. The Bertz CT molecular complexity index is 525. The molecule has 1 aliphatic carbocycles. The van der Waals surface area contributed by atoms with E-state index in [1.807, 2.05) is 6.92 Å². The number of alkyl halides is 2. The number of carbonyl (C=O) groups excluding carboxylic acids is 1. The normalized spacial score (nSPS) is 22.7. The molecular formula is C17H24F2N2O2. The maximum atomic E-state index is 12.3. The first kappa shape index (κ1) is 17.7. The van der Waals surface area contributed by atoms with E-state index in [4.69, 9.17) is 5.73 Å². The van der Waals surface area contributed by atoms with Crippen LogP contribution in [0.5, 0.6) is 5.75 Å². The SMILES string of the molecule is CC(NC(=O)CC1CCCCC1N)c1cccc(OC(F)F)c1. The van der Waals surface area contributed by atoms with Crippen molar-refractivity contribution < 1.29 is 18.3 Å². The van der Waals surface area contributed by atoms with Crippen LogP contribution in [-0.4, -0.2) is 18.6 Å². The van der Waals surface area contributed by atoms with Crippen LogP contribution in [0.25, 0.3) is 0 Å². The molecule has 0 radical (unpaired) electrons. The van der Waals surface area contributed by atoms with Crippen LogP contribution in [0.1, 0.15) is 50.6 Å². The predicted molar refractivity (Wildman–Crippen MR) is 84.2 cm³/mol. The lowest BCUT2D eigenvalue weighted by molar-refractivity contribution is -0.123. The molecule has 1 aliphatic rings. The molecule has 3 unspecified atom stereocenters. The summed E-state index contributed by atoms with van der Waals surface area (Å²) in [6.45, 7) is -1.04. The van der Waals surface area contributed by atoms with E-state index in [9.17, 15) is 13.6 Å². The van der Waals surface area contributed by atoms with Crippen LogP contribution >= 0.6 is 0 Å². The van der Waals surface area contributed by atoms with Gasteiger partial charge in [-0.2, -0.15) is 8.78 Å². The molecule has 0 heterocycles. The van der Waals surface area contributed by atoms with Gasteiger partial charge in [0.2, 0.25) is 5.91 Å². The molecule has 0 bridgehead atoms. The first-order valence-corrected chi connectivity index (χ1v) is 8.05. The van der Waals surface area contributed by atoms with Crippen LogP contribution in [0.3, 0.4) is 0 Å². The van der Waals surface area contributed by atoms with Crippen molar-refractivity contribution in [2.75, 3.05) is 0 Å². The smallest absolute Gasteiger partial charge is 0.387 e. The van der Waals surface area contributed by atoms with E-state index in [1.165, 1.54) is 12.1 Å². The van der Waals surface area contributed by atoms with Crippen LogP contribution in [0.4, 0.5) is 8.78 Å². The molecule has 1 saturated carbocycles. The number of carbonyl (C=O) groups is 1. The van der Waals surface area contributed by atoms with Crippen LogP contribution in [0.2, 0.25) is 0 Å². The summed E-state index contributed by atoms with van der Waals surface area (Å²) in [7, 11) is 0. The van der Waals surface area contributed by atoms with Crippen LogP contribution in [0.15, 0.2) is 24.3 Å². The lowest BCUT2D eigenvalue weighted by Gasteiger charge is -2.28. The van der Waals surface area contributed by atoms with Gasteiger partial charge in [-0.1, -0.05) is 25.0 Å². The first-order chi connectivity index (χ1) is 11.0. The predicted octanol–water partition coefficient (Wildman–Crippen LogP) is 3.37. The van der Waals surface area contributed by atoms with E-state index in [-0.39, 0.29) is 29.7 Å². The van der Waals surface area contributed by atoms with Gasteiger partial charge < -0.3 is 15.8 Å². The number of hydrogen-bond acceptors (Lipinski definition) is 3. The number of nitrogens with one attached hydrogen (secondary N) is 1. The number of amides is 1. The molecule has 1 amide bonds. The average Bonchev–Trinajstić information content (AvgIpc) is 2.49. The molecule has 1 aromatic carbocycles. The number of rotatable bonds is 6. The molecule has 1 aromatic rings. The number of nitrogens with two attached hydrogens (primary N) is 1. The molecule has 3 atom stereocenters. The van der Waals surface area contributed by atoms with E-state index in [0.29, 0.717) is 6.42 Å². The van der Waals surface area contributed by atoms with Gasteiger partial charge in [-0.15, -0.1) is 0 Å². The second-order valence-corrected chi connectivity index (χ2v) is 6.15. The van der Waals surface area contributed by atoms with Crippen molar-refractivity contribution in [3.63, 3.8) is 0 Å². The van der Waals surface area contributed by atoms with E-state index < -0.39 is 6.61 Å². The zero-order chi connectivity index (χ0) is 16.8. The van der Waals surface area contributed by atoms with E-state index >= 15 is 0 Å². The van der Waals surface area contributed by atoms with Gasteiger partial charge in [0.15, 0.2) is 0 Å². The Labute approximate surface area is 135 Å². The third-order valence-electron chi connectivity index (χ3n) is 4.38. The van der Waals surface area contributed by atoms with Crippen molar-refractivity contribution in [3.05, 3.63) is 29.8 Å². The molecule has 4 nitrogen and oxygen atoms in total. The second-order valence-electron chi connectivity index (χ2n) is 6.15. The fourth-order valence-corrected chi connectivity index (χ4v) is 3.07. The fraction of sp³-hybridized carbons (Fsp3) is 0.588. The molecule has 128 valence electrons.